The molecule has 0 aromatic rings. The number of carbonyl (C=O) groups excluding carboxylic acids is 3. The average Bonchev–Trinajstić information content (AvgIpc) is 3.03. The molecule has 5 rings (SSSR count). The standard InChI is InChI=1S/C29H40O4/c1-16-14-19(31)24-18(25(16)32)15-22-28(6)11-8-20-26(3,4)23(33-17(2)30)10-13-27(20,5)21(28)9-12-29(22,24)7/h14,20-23H,8-13,15H2,1-7H3. The first kappa shape index (κ1) is 23.1. The Kier molecular flexibility index (Phi) is 4.83. The second-order valence-corrected chi connectivity index (χ2v) is 13.2. The van der Waals surface area contributed by atoms with Gasteiger partial charge in [0.2, 0.25) is 0 Å². The highest BCUT2D eigenvalue weighted by Gasteiger charge is 2.68. The lowest BCUT2D eigenvalue weighted by Gasteiger charge is -2.68. The van der Waals surface area contributed by atoms with E-state index in [9.17, 15) is 14.4 Å². The molecule has 33 heavy (non-hydrogen) atoms. The summed E-state index contributed by atoms with van der Waals surface area (Å²) in [6.07, 6.45) is 8.64. The number of Topliss-reactive ketones (excluding diaryl/α,β-unsaturated/α-hetero) is 1. The minimum Gasteiger partial charge on any atom is -0.462 e. The smallest absolute Gasteiger partial charge is 0.302 e. The van der Waals surface area contributed by atoms with E-state index in [1.807, 2.05) is 0 Å². The summed E-state index contributed by atoms with van der Waals surface area (Å²) in [6, 6.07) is 0. The molecule has 3 fully saturated rings. The lowest BCUT2D eigenvalue weighted by atomic mass is 9.37. The highest BCUT2D eigenvalue weighted by atomic mass is 16.5. The van der Waals surface area contributed by atoms with Gasteiger partial charge in [-0.05, 0) is 86.5 Å². The van der Waals surface area contributed by atoms with Crippen LogP contribution in [0.25, 0.3) is 0 Å². The number of hydrogen-bond donors (Lipinski definition) is 0. The Labute approximate surface area is 198 Å². The zero-order chi connectivity index (χ0) is 24.1. The molecule has 0 heterocycles. The second kappa shape index (κ2) is 6.92. The summed E-state index contributed by atoms with van der Waals surface area (Å²) < 4.78 is 5.82. The fraction of sp³-hybridized carbons (Fsp3) is 0.759. The zero-order valence-corrected chi connectivity index (χ0v) is 21.5. The predicted molar refractivity (Wildman–Crippen MR) is 127 cm³/mol. The molecule has 0 aliphatic heterocycles. The number of allylic oxidation sites excluding steroid dienone is 4. The van der Waals surface area contributed by atoms with E-state index in [0.29, 0.717) is 23.3 Å². The van der Waals surface area contributed by atoms with Gasteiger partial charge in [0.05, 0.1) is 0 Å². The van der Waals surface area contributed by atoms with Crippen LogP contribution in [-0.2, 0) is 19.1 Å². The van der Waals surface area contributed by atoms with Gasteiger partial charge in [0.1, 0.15) is 6.10 Å². The molecular weight excluding hydrogens is 412 g/mol. The molecule has 4 heteroatoms. The Balaban J connectivity index is 1.51. The predicted octanol–water partition coefficient (Wildman–Crippen LogP) is 5.99. The molecule has 0 aromatic heterocycles. The van der Waals surface area contributed by atoms with E-state index in [1.54, 1.807) is 13.0 Å². The third-order valence-electron chi connectivity index (χ3n) is 11.4. The molecule has 0 saturated heterocycles. The second-order valence-electron chi connectivity index (χ2n) is 13.2. The summed E-state index contributed by atoms with van der Waals surface area (Å²) in [4.78, 5) is 38.0. The molecule has 7 unspecified atom stereocenters. The van der Waals surface area contributed by atoms with Crippen LogP contribution >= 0.6 is 0 Å². The molecule has 0 N–H and O–H groups in total. The third-order valence-corrected chi connectivity index (χ3v) is 11.4. The molecule has 0 bridgehead atoms. The van der Waals surface area contributed by atoms with Crippen LogP contribution in [0.1, 0.15) is 93.4 Å². The van der Waals surface area contributed by atoms with E-state index in [2.05, 4.69) is 34.6 Å². The van der Waals surface area contributed by atoms with E-state index >= 15 is 0 Å². The molecule has 180 valence electrons. The lowest BCUT2D eigenvalue weighted by molar-refractivity contribution is -0.214. The van der Waals surface area contributed by atoms with E-state index in [4.69, 9.17) is 4.74 Å². The summed E-state index contributed by atoms with van der Waals surface area (Å²) in [7, 11) is 0. The summed E-state index contributed by atoms with van der Waals surface area (Å²) in [6.45, 7) is 15.2. The molecule has 5 aliphatic rings. The van der Waals surface area contributed by atoms with Gasteiger partial charge in [0.15, 0.2) is 11.6 Å². The van der Waals surface area contributed by atoms with Gasteiger partial charge >= 0.3 is 5.97 Å². The number of fused-ring (bicyclic) bond motifs is 6. The van der Waals surface area contributed by atoms with E-state index in [0.717, 1.165) is 56.1 Å². The largest absolute Gasteiger partial charge is 0.462 e. The zero-order valence-electron chi connectivity index (χ0n) is 21.5. The van der Waals surface area contributed by atoms with Crippen LogP contribution in [0.4, 0.5) is 0 Å². The molecule has 3 saturated carbocycles. The van der Waals surface area contributed by atoms with Crippen LogP contribution in [0, 0.1) is 39.4 Å². The van der Waals surface area contributed by atoms with Gasteiger partial charge in [-0.15, -0.1) is 0 Å². The molecule has 0 aromatic carbocycles. The van der Waals surface area contributed by atoms with Gasteiger partial charge < -0.3 is 4.74 Å². The average molecular weight is 453 g/mol. The summed E-state index contributed by atoms with van der Waals surface area (Å²) in [5.41, 5.74) is 2.30. The minimum absolute atomic E-state index is 0.0176. The van der Waals surface area contributed by atoms with Gasteiger partial charge in [-0.2, -0.15) is 0 Å². The molecular formula is C29H40O4. The number of rotatable bonds is 1. The molecule has 0 spiro atoms. The van der Waals surface area contributed by atoms with Crippen LogP contribution in [0.2, 0.25) is 0 Å². The van der Waals surface area contributed by atoms with Crippen LogP contribution < -0.4 is 0 Å². The first-order valence-electron chi connectivity index (χ1n) is 12.9. The Morgan fingerprint density at radius 1 is 0.909 bits per heavy atom. The van der Waals surface area contributed by atoms with Crippen LogP contribution in [-0.4, -0.2) is 23.6 Å². The maximum atomic E-state index is 13.1. The van der Waals surface area contributed by atoms with Crippen LogP contribution in [0.5, 0.6) is 0 Å². The number of ketones is 2. The Morgan fingerprint density at radius 2 is 1.52 bits per heavy atom. The number of ether oxygens (including phenoxy) is 1. The van der Waals surface area contributed by atoms with Crippen molar-refractivity contribution in [2.24, 2.45) is 39.4 Å². The summed E-state index contributed by atoms with van der Waals surface area (Å²) in [5, 5.41) is 0. The van der Waals surface area contributed by atoms with Crippen LogP contribution in [0.15, 0.2) is 22.8 Å². The van der Waals surface area contributed by atoms with Crippen molar-refractivity contribution in [3.63, 3.8) is 0 Å². The Hall–Kier alpha value is -1.71. The summed E-state index contributed by atoms with van der Waals surface area (Å²) >= 11 is 0. The summed E-state index contributed by atoms with van der Waals surface area (Å²) in [5.74, 6) is 1.40. The maximum Gasteiger partial charge on any atom is 0.302 e. The Morgan fingerprint density at radius 3 is 2.18 bits per heavy atom. The monoisotopic (exact) mass is 452 g/mol. The minimum atomic E-state index is -0.196. The van der Waals surface area contributed by atoms with Crippen LogP contribution in [0.3, 0.4) is 0 Å². The Bertz CT molecular complexity index is 1010. The number of hydrogen-bond acceptors (Lipinski definition) is 4. The fourth-order valence-electron chi connectivity index (χ4n) is 10.0. The molecule has 4 nitrogen and oxygen atoms in total. The molecule has 5 aliphatic carbocycles. The van der Waals surface area contributed by atoms with Crippen molar-refractivity contribution in [2.75, 3.05) is 0 Å². The highest BCUT2D eigenvalue weighted by Crippen LogP contribution is 2.74. The highest BCUT2D eigenvalue weighted by molar-refractivity contribution is 6.23. The number of carbonyl (C=O) groups is 3. The van der Waals surface area contributed by atoms with Gasteiger partial charge in [0, 0.05) is 34.5 Å². The SMILES string of the molecule is CC(=O)OC1CCC2(C)C(CCC3(C)C4CC5=C(C(=O)C=C(C)C5=O)C4(C)CCC32)C1(C)C. The van der Waals surface area contributed by atoms with Crippen molar-refractivity contribution in [3.8, 4) is 0 Å². The van der Waals surface area contributed by atoms with Gasteiger partial charge in [-0.3, -0.25) is 14.4 Å². The molecule has 0 radical (unpaired) electrons. The quantitative estimate of drug-likeness (QED) is 0.362. The molecule has 0 amide bonds. The normalized spacial score (nSPS) is 46.1. The first-order valence-corrected chi connectivity index (χ1v) is 12.9. The maximum absolute atomic E-state index is 13.1. The van der Waals surface area contributed by atoms with Gasteiger partial charge in [-0.1, -0.05) is 34.6 Å². The van der Waals surface area contributed by atoms with Gasteiger partial charge in [-0.25, -0.2) is 0 Å². The van der Waals surface area contributed by atoms with E-state index < -0.39 is 0 Å². The lowest BCUT2D eigenvalue weighted by Crippen LogP contribution is -2.63. The van der Waals surface area contributed by atoms with E-state index in [1.165, 1.54) is 6.92 Å². The van der Waals surface area contributed by atoms with E-state index in [-0.39, 0.29) is 45.3 Å². The van der Waals surface area contributed by atoms with Crippen molar-refractivity contribution >= 4 is 17.5 Å². The topological polar surface area (TPSA) is 60.4 Å². The molecule has 7 atom stereocenters. The van der Waals surface area contributed by atoms with Gasteiger partial charge in [0.25, 0.3) is 0 Å². The van der Waals surface area contributed by atoms with Crippen molar-refractivity contribution in [1.82, 2.24) is 0 Å². The third kappa shape index (κ3) is 2.85. The fourth-order valence-corrected chi connectivity index (χ4v) is 10.0. The first-order chi connectivity index (χ1) is 15.3. The van der Waals surface area contributed by atoms with Crippen molar-refractivity contribution < 1.29 is 19.1 Å². The number of esters is 1. The van der Waals surface area contributed by atoms with Crippen molar-refractivity contribution in [1.29, 1.82) is 0 Å². The van der Waals surface area contributed by atoms with Crippen molar-refractivity contribution in [3.05, 3.63) is 22.8 Å². The van der Waals surface area contributed by atoms with Crippen molar-refractivity contribution in [2.45, 2.75) is 99.5 Å².